The van der Waals surface area contributed by atoms with Crippen molar-refractivity contribution in [2.24, 2.45) is 11.1 Å². The molecule has 0 aliphatic heterocycles. The molecule has 1 aromatic rings. The fourth-order valence-corrected chi connectivity index (χ4v) is 1.42. The molecule has 5 nitrogen and oxygen atoms in total. The minimum atomic E-state index is -0.709. The Morgan fingerprint density at radius 3 is 2.59 bits per heavy atom. The zero-order chi connectivity index (χ0) is 13.2. The van der Waals surface area contributed by atoms with Crippen molar-refractivity contribution in [1.29, 1.82) is 0 Å². The lowest BCUT2D eigenvalue weighted by atomic mass is 9.93. The van der Waals surface area contributed by atoms with Gasteiger partial charge in [-0.2, -0.15) is 0 Å². The maximum atomic E-state index is 11.1. The molecule has 94 valence electrons. The van der Waals surface area contributed by atoms with Crippen molar-refractivity contribution in [1.82, 2.24) is 4.98 Å². The fraction of sp³-hybridized carbons (Fsp3) is 0.400. The molecule has 1 rings (SSSR count). The van der Waals surface area contributed by atoms with Gasteiger partial charge in [-0.3, -0.25) is 4.79 Å². The van der Waals surface area contributed by atoms with Crippen LogP contribution >= 0.6 is 23.2 Å². The maximum Gasteiger partial charge on any atom is 0.224 e. The number of aromatic nitrogens is 1. The van der Waals surface area contributed by atoms with Crippen LogP contribution in [0.5, 0.6) is 0 Å². The third-order valence-electron chi connectivity index (χ3n) is 2.32. The van der Waals surface area contributed by atoms with Gasteiger partial charge < -0.3 is 16.8 Å². The zero-order valence-corrected chi connectivity index (χ0v) is 11.1. The SMILES string of the molecule is CC(C)(CNc1nc(N)c(Cl)cc1Cl)C(N)=O. The Hall–Kier alpha value is -1.20. The highest BCUT2D eigenvalue weighted by atomic mass is 35.5. The van der Waals surface area contributed by atoms with Gasteiger partial charge in [-0.25, -0.2) is 4.98 Å². The first-order chi connectivity index (χ1) is 7.74. The highest BCUT2D eigenvalue weighted by Crippen LogP contribution is 2.28. The molecule has 0 bridgehead atoms. The normalized spacial score (nSPS) is 11.3. The number of rotatable bonds is 4. The Kier molecular flexibility index (Phi) is 4.06. The number of pyridine rings is 1. The van der Waals surface area contributed by atoms with Crippen LogP contribution in [0.2, 0.25) is 10.0 Å². The molecule has 1 heterocycles. The van der Waals surface area contributed by atoms with E-state index in [-0.39, 0.29) is 10.8 Å². The Morgan fingerprint density at radius 2 is 2.06 bits per heavy atom. The van der Waals surface area contributed by atoms with Gasteiger partial charge in [0, 0.05) is 6.54 Å². The number of nitrogen functional groups attached to an aromatic ring is 1. The van der Waals surface area contributed by atoms with Crippen LogP contribution in [0.1, 0.15) is 13.8 Å². The van der Waals surface area contributed by atoms with Crippen LogP contribution in [0, 0.1) is 5.41 Å². The largest absolute Gasteiger partial charge is 0.382 e. The van der Waals surface area contributed by atoms with Crippen LogP contribution in [0.3, 0.4) is 0 Å². The lowest BCUT2D eigenvalue weighted by Crippen LogP contribution is -2.37. The second-order valence-corrected chi connectivity index (χ2v) is 5.10. The summed E-state index contributed by atoms with van der Waals surface area (Å²) in [4.78, 5) is 15.1. The van der Waals surface area contributed by atoms with Crippen LogP contribution in [0.25, 0.3) is 0 Å². The third-order valence-corrected chi connectivity index (χ3v) is 2.91. The lowest BCUT2D eigenvalue weighted by Gasteiger charge is -2.21. The fourth-order valence-electron chi connectivity index (χ4n) is 0.997. The number of nitrogens with two attached hydrogens (primary N) is 2. The summed E-state index contributed by atoms with van der Waals surface area (Å²) in [6, 6.07) is 1.49. The van der Waals surface area contributed by atoms with E-state index in [0.29, 0.717) is 17.4 Å². The minimum Gasteiger partial charge on any atom is -0.382 e. The molecule has 7 heteroatoms. The van der Waals surface area contributed by atoms with E-state index in [9.17, 15) is 4.79 Å². The Labute approximate surface area is 109 Å². The molecule has 0 aromatic carbocycles. The average Bonchev–Trinajstić information content (AvgIpc) is 2.21. The molecule has 17 heavy (non-hydrogen) atoms. The Bertz CT molecular complexity index is 448. The maximum absolute atomic E-state index is 11.1. The van der Waals surface area contributed by atoms with Crippen molar-refractivity contribution in [2.75, 3.05) is 17.6 Å². The summed E-state index contributed by atoms with van der Waals surface area (Å²) in [5.74, 6) is 0.140. The standard InChI is InChI=1S/C10H14Cl2N4O/c1-10(2,9(14)17)4-15-8-6(12)3-5(11)7(13)16-8/h3H,4H2,1-2H3,(H2,14,17)(H3,13,15,16). The number of carbonyl (C=O) groups excluding carboxylic acids is 1. The van der Waals surface area contributed by atoms with E-state index in [2.05, 4.69) is 10.3 Å². The number of carbonyl (C=O) groups is 1. The van der Waals surface area contributed by atoms with E-state index in [1.165, 1.54) is 6.07 Å². The molecular formula is C10H14Cl2N4O. The summed E-state index contributed by atoms with van der Waals surface area (Å²) in [5, 5.41) is 3.54. The molecule has 0 fully saturated rings. The number of nitrogens with zero attached hydrogens (tertiary/aromatic N) is 1. The molecular weight excluding hydrogens is 263 g/mol. The van der Waals surface area contributed by atoms with E-state index in [4.69, 9.17) is 34.7 Å². The molecule has 0 aliphatic carbocycles. The first kappa shape index (κ1) is 13.9. The quantitative estimate of drug-likeness (QED) is 0.783. The van der Waals surface area contributed by atoms with Gasteiger partial charge >= 0.3 is 0 Å². The molecule has 0 spiro atoms. The van der Waals surface area contributed by atoms with Crippen LogP contribution in [0.15, 0.2) is 6.07 Å². The number of amides is 1. The van der Waals surface area contributed by atoms with Crippen molar-refractivity contribution in [2.45, 2.75) is 13.8 Å². The first-order valence-corrected chi connectivity index (χ1v) is 5.65. The van der Waals surface area contributed by atoms with Crippen molar-refractivity contribution >= 4 is 40.7 Å². The smallest absolute Gasteiger partial charge is 0.224 e. The molecule has 0 saturated heterocycles. The molecule has 5 N–H and O–H groups in total. The van der Waals surface area contributed by atoms with Crippen LogP contribution in [0.4, 0.5) is 11.6 Å². The summed E-state index contributed by atoms with van der Waals surface area (Å²) in [6.45, 7) is 3.74. The van der Waals surface area contributed by atoms with E-state index in [0.717, 1.165) is 0 Å². The number of hydrogen-bond acceptors (Lipinski definition) is 4. The predicted octanol–water partition coefficient (Wildman–Crippen LogP) is 1.89. The van der Waals surface area contributed by atoms with Crippen molar-refractivity contribution in [3.05, 3.63) is 16.1 Å². The lowest BCUT2D eigenvalue weighted by molar-refractivity contribution is -0.125. The zero-order valence-electron chi connectivity index (χ0n) is 9.55. The first-order valence-electron chi connectivity index (χ1n) is 4.89. The van der Waals surface area contributed by atoms with Crippen molar-refractivity contribution in [3.63, 3.8) is 0 Å². The number of anilines is 2. The molecule has 0 unspecified atom stereocenters. The summed E-state index contributed by atoms with van der Waals surface area (Å²) in [5.41, 5.74) is 10.1. The monoisotopic (exact) mass is 276 g/mol. The Morgan fingerprint density at radius 1 is 1.47 bits per heavy atom. The van der Waals surface area contributed by atoms with Gasteiger partial charge in [0.2, 0.25) is 5.91 Å². The molecule has 1 amide bonds. The minimum absolute atomic E-state index is 0.176. The molecule has 1 aromatic heterocycles. The van der Waals surface area contributed by atoms with Gasteiger partial charge in [0.25, 0.3) is 0 Å². The highest BCUT2D eigenvalue weighted by Gasteiger charge is 2.25. The Balaban J connectivity index is 2.83. The van der Waals surface area contributed by atoms with Crippen molar-refractivity contribution < 1.29 is 4.79 Å². The van der Waals surface area contributed by atoms with E-state index in [1.54, 1.807) is 13.8 Å². The molecule has 0 saturated carbocycles. The van der Waals surface area contributed by atoms with Crippen LogP contribution in [-0.4, -0.2) is 17.4 Å². The number of hydrogen-bond donors (Lipinski definition) is 3. The molecule has 0 atom stereocenters. The van der Waals surface area contributed by atoms with Crippen LogP contribution < -0.4 is 16.8 Å². The summed E-state index contributed by atoms with van der Waals surface area (Å²) in [6.07, 6.45) is 0. The second kappa shape index (κ2) is 4.98. The van der Waals surface area contributed by atoms with Gasteiger partial charge in [-0.05, 0) is 19.9 Å². The third kappa shape index (κ3) is 3.38. The molecule has 0 radical (unpaired) electrons. The van der Waals surface area contributed by atoms with E-state index >= 15 is 0 Å². The van der Waals surface area contributed by atoms with Gasteiger partial charge in [0.1, 0.15) is 11.6 Å². The van der Waals surface area contributed by atoms with E-state index < -0.39 is 11.3 Å². The van der Waals surface area contributed by atoms with Gasteiger partial charge in [0.15, 0.2) is 0 Å². The number of halogens is 2. The predicted molar refractivity (Wildman–Crippen MR) is 70.1 cm³/mol. The van der Waals surface area contributed by atoms with Gasteiger partial charge in [-0.15, -0.1) is 0 Å². The summed E-state index contributed by atoms with van der Waals surface area (Å²) >= 11 is 11.7. The molecule has 0 aliphatic rings. The van der Waals surface area contributed by atoms with E-state index in [1.807, 2.05) is 0 Å². The van der Waals surface area contributed by atoms with Crippen LogP contribution in [-0.2, 0) is 4.79 Å². The van der Waals surface area contributed by atoms with Gasteiger partial charge in [-0.1, -0.05) is 23.2 Å². The number of nitrogens with one attached hydrogen (secondary N) is 1. The second-order valence-electron chi connectivity index (χ2n) is 4.29. The van der Waals surface area contributed by atoms with Crippen molar-refractivity contribution in [3.8, 4) is 0 Å². The summed E-state index contributed by atoms with van der Waals surface area (Å²) in [7, 11) is 0. The average molecular weight is 277 g/mol. The topological polar surface area (TPSA) is 94.0 Å². The number of primary amides is 1. The highest BCUT2D eigenvalue weighted by molar-refractivity contribution is 6.37. The summed E-state index contributed by atoms with van der Waals surface area (Å²) < 4.78 is 0. The van der Waals surface area contributed by atoms with Gasteiger partial charge in [0.05, 0.1) is 15.5 Å².